The second kappa shape index (κ2) is 5.88. The van der Waals surface area contributed by atoms with Crippen LogP contribution in [0.15, 0.2) is 36.1 Å². The molecule has 0 heterocycles. The molecule has 0 aromatic heterocycles. The maximum Gasteiger partial charge on any atom is 0.534 e. The van der Waals surface area contributed by atoms with Crippen LogP contribution in [0, 0.1) is 0 Å². The SMILES string of the molecule is O=S(=O)(OC1=CCC(c2ccc(Cl)cc2)CC1)C(F)(F)F. The Kier molecular flexibility index (Phi) is 4.53. The number of hydrogen-bond acceptors (Lipinski definition) is 3. The van der Waals surface area contributed by atoms with Gasteiger partial charge in [-0.2, -0.15) is 21.6 Å². The van der Waals surface area contributed by atoms with Crippen molar-refractivity contribution in [1.82, 2.24) is 0 Å². The number of halogens is 4. The van der Waals surface area contributed by atoms with E-state index in [9.17, 15) is 21.6 Å². The van der Waals surface area contributed by atoms with Gasteiger partial charge in [0.05, 0.1) is 0 Å². The smallest absolute Gasteiger partial charge is 0.381 e. The summed E-state index contributed by atoms with van der Waals surface area (Å²) in [5.41, 5.74) is -4.39. The van der Waals surface area contributed by atoms with Gasteiger partial charge < -0.3 is 4.18 Å². The Morgan fingerprint density at radius 3 is 2.29 bits per heavy atom. The van der Waals surface area contributed by atoms with E-state index in [1.165, 1.54) is 6.08 Å². The predicted octanol–water partition coefficient (Wildman–Crippen LogP) is 4.36. The summed E-state index contributed by atoms with van der Waals surface area (Å²) < 4.78 is 62.6. The van der Waals surface area contributed by atoms with Crippen LogP contribution in [0.5, 0.6) is 0 Å². The van der Waals surface area contributed by atoms with Crippen molar-refractivity contribution in [3.8, 4) is 0 Å². The summed E-state index contributed by atoms with van der Waals surface area (Å²) >= 11 is 5.78. The van der Waals surface area contributed by atoms with Gasteiger partial charge in [-0.1, -0.05) is 23.7 Å². The molecule has 1 aliphatic carbocycles. The van der Waals surface area contributed by atoms with Gasteiger partial charge in [-0.3, -0.25) is 0 Å². The fraction of sp³-hybridized carbons (Fsp3) is 0.385. The Balaban J connectivity index is 2.04. The van der Waals surface area contributed by atoms with Gasteiger partial charge in [0, 0.05) is 11.4 Å². The zero-order valence-corrected chi connectivity index (χ0v) is 12.3. The summed E-state index contributed by atoms with van der Waals surface area (Å²) in [7, 11) is -5.57. The van der Waals surface area contributed by atoms with Crippen LogP contribution in [0.2, 0.25) is 5.02 Å². The monoisotopic (exact) mass is 340 g/mol. The van der Waals surface area contributed by atoms with Gasteiger partial charge in [0.1, 0.15) is 5.76 Å². The van der Waals surface area contributed by atoms with E-state index < -0.39 is 15.6 Å². The molecule has 116 valence electrons. The van der Waals surface area contributed by atoms with Gasteiger partial charge in [-0.15, -0.1) is 0 Å². The van der Waals surface area contributed by atoms with Crippen molar-refractivity contribution in [2.75, 3.05) is 0 Å². The molecule has 1 aromatic carbocycles. The average molecular weight is 341 g/mol. The van der Waals surface area contributed by atoms with Crippen LogP contribution >= 0.6 is 11.6 Å². The fourth-order valence-corrected chi connectivity index (χ4v) is 2.77. The molecule has 3 nitrogen and oxygen atoms in total. The molecule has 2 rings (SSSR count). The summed E-state index contributed by atoms with van der Waals surface area (Å²) in [4.78, 5) is 0. The lowest BCUT2D eigenvalue weighted by Gasteiger charge is -2.22. The molecule has 0 bridgehead atoms. The summed E-state index contributed by atoms with van der Waals surface area (Å²) in [5, 5.41) is 0.602. The van der Waals surface area contributed by atoms with Gasteiger partial charge in [-0.25, -0.2) is 0 Å². The third-order valence-corrected chi connectivity index (χ3v) is 4.46. The Hall–Kier alpha value is -1.21. The first-order valence-electron chi connectivity index (χ1n) is 6.14. The first-order valence-corrected chi connectivity index (χ1v) is 7.93. The highest BCUT2D eigenvalue weighted by molar-refractivity contribution is 7.87. The van der Waals surface area contributed by atoms with E-state index in [0.717, 1.165) is 5.56 Å². The molecule has 1 atom stereocenters. The maximum absolute atomic E-state index is 12.2. The predicted molar refractivity (Wildman–Crippen MR) is 72.2 cm³/mol. The topological polar surface area (TPSA) is 43.4 Å². The second-order valence-corrected chi connectivity index (χ2v) is 6.65. The lowest BCUT2D eigenvalue weighted by molar-refractivity contribution is -0.0524. The molecular formula is C13H12ClF3O3S. The van der Waals surface area contributed by atoms with Gasteiger partial charge >= 0.3 is 15.6 Å². The average Bonchev–Trinajstić information content (AvgIpc) is 2.39. The molecular weight excluding hydrogens is 329 g/mol. The van der Waals surface area contributed by atoms with Crippen molar-refractivity contribution in [2.24, 2.45) is 0 Å². The van der Waals surface area contributed by atoms with Crippen LogP contribution in [0.3, 0.4) is 0 Å². The van der Waals surface area contributed by atoms with Crippen LogP contribution < -0.4 is 0 Å². The lowest BCUT2D eigenvalue weighted by Crippen LogP contribution is -2.25. The van der Waals surface area contributed by atoms with E-state index in [-0.39, 0.29) is 18.1 Å². The zero-order valence-electron chi connectivity index (χ0n) is 10.7. The summed E-state index contributed by atoms with van der Waals surface area (Å²) in [6.07, 6.45) is 2.47. The number of alkyl halides is 3. The molecule has 1 aromatic rings. The summed E-state index contributed by atoms with van der Waals surface area (Å²) in [5.74, 6) is -0.0410. The van der Waals surface area contributed by atoms with Crippen molar-refractivity contribution in [2.45, 2.75) is 30.7 Å². The van der Waals surface area contributed by atoms with E-state index in [1.807, 2.05) is 12.1 Å². The van der Waals surface area contributed by atoms with Crippen molar-refractivity contribution in [3.63, 3.8) is 0 Å². The quantitative estimate of drug-likeness (QED) is 0.606. The first-order chi connectivity index (χ1) is 9.69. The number of rotatable bonds is 3. The third-order valence-electron chi connectivity index (χ3n) is 3.21. The van der Waals surface area contributed by atoms with Crippen LogP contribution in [0.4, 0.5) is 13.2 Å². The highest BCUT2D eigenvalue weighted by atomic mass is 35.5. The Morgan fingerprint density at radius 2 is 1.81 bits per heavy atom. The molecule has 0 aliphatic heterocycles. The number of benzene rings is 1. The van der Waals surface area contributed by atoms with E-state index in [4.69, 9.17) is 11.6 Å². The largest absolute Gasteiger partial charge is 0.534 e. The van der Waals surface area contributed by atoms with Crippen LogP contribution in [-0.4, -0.2) is 13.9 Å². The van der Waals surface area contributed by atoms with E-state index in [0.29, 0.717) is 17.9 Å². The molecule has 1 unspecified atom stereocenters. The van der Waals surface area contributed by atoms with E-state index in [2.05, 4.69) is 4.18 Å². The Morgan fingerprint density at radius 1 is 1.19 bits per heavy atom. The van der Waals surface area contributed by atoms with Gasteiger partial charge in [-0.05, 0) is 42.5 Å². The minimum atomic E-state index is -5.57. The second-order valence-electron chi connectivity index (χ2n) is 4.68. The maximum atomic E-state index is 12.2. The molecule has 0 N–H and O–H groups in total. The fourth-order valence-electron chi connectivity index (χ4n) is 2.11. The van der Waals surface area contributed by atoms with E-state index in [1.54, 1.807) is 12.1 Å². The highest BCUT2D eigenvalue weighted by Crippen LogP contribution is 2.35. The standard InChI is InChI=1S/C13H12ClF3O3S/c14-11-5-1-9(2-6-11)10-3-7-12(8-4-10)20-21(18,19)13(15,16)17/h1-2,5-7,10H,3-4,8H2. The van der Waals surface area contributed by atoms with Gasteiger partial charge in [0.25, 0.3) is 0 Å². The molecule has 0 radical (unpaired) electrons. The highest BCUT2D eigenvalue weighted by Gasteiger charge is 2.48. The van der Waals surface area contributed by atoms with E-state index >= 15 is 0 Å². The molecule has 0 saturated heterocycles. The third kappa shape index (κ3) is 3.91. The molecule has 0 amide bonds. The number of allylic oxidation sites excluding steroid dienone is 2. The minimum Gasteiger partial charge on any atom is -0.381 e. The van der Waals surface area contributed by atoms with Crippen LogP contribution in [-0.2, 0) is 14.3 Å². The first kappa shape index (κ1) is 16.2. The summed E-state index contributed by atoms with van der Waals surface area (Å²) in [6.45, 7) is 0. The van der Waals surface area contributed by atoms with Crippen LogP contribution in [0.25, 0.3) is 0 Å². The summed E-state index contributed by atoms with van der Waals surface area (Å²) in [6, 6.07) is 7.17. The lowest BCUT2D eigenvalue weighted by atomic mass is 9.87. The number of hydrogen-bond donors (Lipinski definition) is 0. The normalized spacial score (nSPS) is 20.0. The molecule has 0 spiro atoms. The van der Waals surface area contributed by atoms with Crippen molar-refractivity contribution < 1.29 is 25.8 Å². The minimum absolute atomic E-state index is 0.114. The molecule has 21 heavy (non-hydrogen) atoms. The van der Waals surface area contributed by atoms with Gasteiger partial charge in [0.2, 0.25) is 0 Å². The zero-order chi connectivity index (χ0) is 15.7. The Labute approximate surface area is 125 Å². The van der Waals surface area contributed by atoms with Gasteiger partial charge in [0.15, 0.2) is 0 Å². The Bertz CT molecular complexity index is 636. The molecule has 0 saturated carbocycles. The van der Waals surface area contributed by atoms with Crippen molar-refractivity contribution in [3.05, 3.63) is 46.7 Å². The molecule has 8 heteroatoms. The molecule has 0 fully saturated rings. The van der Waals surface area contributed by atoms with Crippen molar-refractivity contribution >= 4 is 21.7 Å². The van der Waals surface area contributed by atoms with Crippen molar-refractivity contribution in [1.29, 1.82) is 0 Å². The van der Waals surface area contributed by atoms with Crippen LogP contribution in [0.1, 0.15) is 30.7 Å². The molecule has 1 aliphatic rings.